The number of hydrogen-bond acceptors (Lipinski definition) is 2. The molecule has 4 nitrogen and oxygen atoms in total. The predicted molar refractivity (Wildman–Crippen MR) is 68.1 cm³/mol. The molecule has 0 bridgehead atoms. The van der Waals surface area contributed by atoms with E-state index < -0.39 is 5.97 Å². The van der Waals surface area contributed by atoms with Crippen LogP contribution >= 0.6 is 0 Å². The number of carboxylic acid groups (broad SMARTS) is 1. The molecule has 0 aromatic rings. The fourth-order valence-corrected chi connectivity index (χ4v) is 3.30. The molecule has 1 amide bonds. The third-order valence-electron chi connectivity index (χ3n) is 4.98. The monoisotopic (exact) mass is 253 g/mol. The van der Waals surface area contributed by atoms with Gasteiger partial charge in [-0.3, -0.25) is 9.59 Å². The quantitative estimate of drug-likeness (QED) is 0.835. The number of carboxylic acids is 1. The van der Waals surface area contributed by atoms with Crippen molar-refractivity contribution in [2.24, 2.45) is 17.3 Å². The summed E-state index contributed by atoms with van der Waals surface area (Å²) in [6.07, 6.45) is 5.25. The molecule has 1 unspecified atom stereocenters. The smallest absolute Gasteiger partial charge is 0.306 e. The fraction of sp³-hybridized carbons (Fsp3) is 0.857. The van der Waals surface area contributed by atoms with Crippen molar-refractivity contribution in [1.29, 1.82) is 0 Å². The third-order valence-corrected chi connectivity index (χ3v) is 4.98. The van der Waals surface area contributed by atoms with Crippen LogP contribution < -0.4 is 0 Å². The molecule has 1 aliphatic carbocycles. The highest BCUT2D eigenvalue weighted by molar-refractivity contribution is 5.84. The fourth-order valence-electron chi connectivity index (χ4n) is 3.30. The molecule has 1 saturated heterocycles. The lowest BCUT2D eigenvalue weighted by atomic mass is 9.78. The van der Waals surface area contributed by atoms with E-state index in [-0.39, 0.29) is 23.2 Å². The van der Waals surface area contributed by atoms with Crippen LogP contribution in [0, 0.1) is 17.3 Å². The number of likely N-dealkylation sites (tertiary alicyclic amines) is 1. The van der Waals surface area contributed by atoms with E-state index in [1.807, 2.05) is 4.90 Å². The van der Waals surface area contributed by atoms with Gasteiger partial charge in [-0.2, -0.15) is 0 Å². The van der Waals surface area contributed by atoms with E-state index in [1.54, 1.807) is 6.92 Å². The largest absolute Gasteiger partial charge is 0.481 e. The minimum absolute atomic E-state index is 0.128. The molecule has 18 heavy (non-hydrogen) atoms. The van der Waals surface area contributed by atoms with Crippen molar-refractivity contribution in [1.82, 2.24) is 4.90 Å². The van der Waals surface area contributed by atoms with Crippen molar-refractivity contribution in [3.8, 4) is 0 Å². The highest BCUT2D eigenvalue weighted by atomic mass is 16.4. The summed E-state index contributed by atoms with van der Waals surface area (Å²) in [6, 6.07) is 0. The standard InChI is InChI=1S/C14H23NO3/c1-3-14(6-4-5-7-14)13(18)15-8-11(9-15)10(2)12(16)17/h10-11H,3-9H2,1-2H3,(H,16,17). The van der Waals surface area contributed by atoms with Gasteiger partial charge in [0.25, 0.3) is 0 Å². The Balaban J connectivity index is 1.92. The second-order valence-corrected chi connectivity index (χ2v) is 5.94. The molecule has 1 aliphatic heterocycles. The summed E-state index contributed by atoms with van der Waals surface area (Å²) < 4.78 is 0. The van der Waals surface area contributed by atoms with Crippen LogP contribution in [0.3, 0.4) is 0 Å². The summed E-state index contributed by atoms with van der Waals surface area (Å²) in [4.78, 5) is 25.3. The average molecular weight is 253 g/mol. The molecule has 0 spiro atoms. The maximum atomic E-state index is 12.5. The van der Waals surface area contributed by atoms with Gasteiger partial charge in [-0.25, -0.2) is 0 Å². The first kappa shape index (κ1) is 13.4. The first-order chi connectivity index (χ1) is 8.50. The van der Waals surface area contributed by atoms with Crippen LogP contribution in [0.1, 0.15) is 46.0 Å². The predicted octanol–water partition coefficient (Wildman–Crippen LogP) is 2.14. The van der Waals surface area contributed by atoms with Crippen LogP contribution in [0.15, 0.2) is 0 Å². The van der Waals surface area contributed by atoms with E-state index in [4.69, 9.17) is 5.11 Å². The molecule has 0 aromatic carbocycles. The first-order valence-electron chi connectivity index (χ1n) is 7.02. The number of amides is 1. The minimum atomic E-state index is -0.752. The van der Waals surface area contributed by atoms with Crippen molar-refractivity contribution in [3.63, 3.8) is 0 Å². The molecule has 1 atom stereocenters. The van der Waals surface area contributed by atoms with E-state index in [2.05, 4.69) is 6.92 Å². The molecule has 2 aliphatic rings. The summed E-state index contributed by atoms with van der Waals surface area (Å²) in [5, 5.41) is 8.95. The maximum absolute atomic E-state index is 12.5. The van der Waals surface area contributed by atoms with E-state index in [9.17, 15) is 9.59 Å². The Morgan fingerprint density at radius 3 is 2.33 bits per heavy atom. The lowest BCUT2D eigenvalue weighted by Crippen LogP contribution is -2.57. The lowest BCUT2D eigenvalue weighted by Gasteiger charge is -2.45. The van der Waals surface area contributed by atoms with Crippen LogP contribution in [-0.4, -0.2) is 35.0 Å². The SMILES string of the molecule is CCC1(C(=O)N2CC(C(C)C(=O)O)C2)CCCC1. The minimum Gasteiger partial charge on any atom is -0.481 e. The third kappa shape index (κ3) is 2.13. The molecular formula is C14H23NO3. The van der Waals surface area contributed by atoms with Crippen LogP contribution in [0.5, 0.6) is 0 Å². The molecule has 2 fully saturated rings. The zero-order chi connectivity index (χ0) is 13.3. The first-order valence-corrected chi connectivity index (χ1v) is 7.02. The number of nitrogens with zero attached hydrogens (tertiary/aromatic N) is 1. The lowest BCUT2D eigenvalue weighted by molar-refractivity contribution is -0.156. The zero-order valence-corrected chi connectivity index (χ0v) is 11.3. The summed E-state index contributed by atoms with van der Waals surface area (Å²) in [7, 11) is 0. The maximum Gasteiger partial charge on any atom is 0.306 e. The van der Waals surface area contributed by atoms with Gasteiger partial charge in [0.1, 0.15) is 0 Å². The summed E-state index contributed by atoms with van der Waals surface area (Å²) in [5.41, 5.74) is -0.128. The van der Waals surface area contributed by atoms with Gasteiger partial charge in [0, 0.05) is 24.4 Å². The van der Waals surface area contributed by atoms with Gasteiger partial charge < -0.3 is 10.0 Å². The number of carbonyl (C=O) groups excluding carboxylic acids is 1. The van der Waals surface area contributed by atoms with Gasteiger partial charge in [-0.1, -0.05) is 26.7 Å². The molecule has 4 heteroatoms. The van der Waals surface area contributed by atoms with Crippen molar-refractivity contribution in [3.05, 3.63) is 0 Å². The van der Waals surface area contributed by atoms with E-state index >= 15 is 0 Å². The number of hydrogen-bond donors (Lipinski definition) is 1. The number of carbonyl (C=O) groups is 2. The topological polar surface area (TPSA) is 57.6 Å². The molecular weight excluding hydrogens is 230 g/mol. The van der Waals surface area contributed by atoms with Crippen molar-refractivity contribution in [2.75, 3.05) is 13.1 Å². The van der Waals surface area contributed by atoms with Crippen LogP contribution in [0.2, 0.25) is 0 Å². The zero-order valence-electron chi connectivity index (χ0n) is 11.3. The Kier molecular flexibility index (Phi) is 3.64. The molecule has 1 heterocycles. The Bertz CT molecular complexity index is 341. The summed E-state index contributed by atoms with van der Waals surface area (Å²) in [5.74, 6) is -0.675. The highest BCUT2D eigenvalue weighted by Crippen LogP contribution is 2.44. The second kappa shape index (κ2) is 4.90. The molecule has 2 rings (SSSR count). The van der Waals surface area contributed by atoms with Gasteiger partial charge in [-0.15, -0.1) is 0 Å². The van der Waals surface area contributed by atoms with Crippen LogP contribution in [0.25, 0.3) is 0 Å². The average Bonchev–Trinajstić information content (AvgIpc) is 2.76. The van der Waals surface area contributed by atoms with E-state index in [1.165, 1.54) is 0 Å². The van der Waals surface area contributed by atoms with Gasteiger partial charge in [0.2, 0.25) is 5.91 Å². The van der Waals surface area contributed by atoms with Crippen molar-refractivity contribution >= 4 is 11.9 Å². The number of rotatable bonds is 4. The van der Waals surface area contributed by atoms with Crippen molar-refractivity contribution in [2.45, 2.75) is 46.0 Å². The van der Waals surface area contributed by atoms with E-state index in [0.717, 1.165) is 32.1 Å². The molecule has 102 valence electrons. The van der Waals surface area contributed by atoms with Gasteiger partial charge in [0.15, 0.2) is 0 Å². The molecule has 0 aromatic heterocycles. The number of aliphatic carboxylic acids is 1. The van der Waals surface area contributed by atoms with E-state index in [0.29, 0.717) is 13.1 Å². The molecule has 0 radical (unpaired) electrons. The Morgan fingerprint density at radius 1 is 1.33 bits per heavy atom. The normalized spacial score (nSPS) is 24.7. The summed E-state index contributed by atoms with van der Waals surface area (Å²) >= 11 is 0. The Hall–Kier alpha value is -1.06. The van der Waals surface area contributed by atoms with Gasteiger partial charge in [-0.05, 0) is 19.3 Å². The van der Waals surface area contributed by atoms with Gasteiger partial charge >= 0.3 is 5.97 Å². The molecule has 1 saturated carbocycles. The van der Waals surface area contributed by atoms with Gasteiger partial charge in [0.05, 0.1) is 5.92 Å². The highest BCUT2D eigenvalue weighted by Gasteiger charge is 2.46. The van der Waals surface area contributed by atoms with Crippen LogP contribution in [0.4, 0.5) is 0 Å². The molecule has 1 N–H and O–H groups in total. The second-order valence-electron chi connectivity index (χ2n) is 5.94. The summed E-state index contributed by atoms with van der Waals surface area (Å²) in [6.45, 7) is 5.10. The van der Waals surface area contributed by atoms with Crippen LogP contribution in [-0.2, 0) is 9.59 Å². The Labute approximate surface area is 108 Å². The Morgan fingerprint density at radius 2 is 1.89 bits per heavy atom. The van der Waals surface area contributed by atoms with Crippen molar-refractivity contribution < 1.29 is 14.7 Å².